The van der Waals surface area contributed by atoms with E-state index < -0.39 is 0 Å². The van der Waals surface area contributed by atoms with Crippen molar-refractivity contribution in [3.8, 4) is 11.4 Å². The van der Waals surface area contributed by atoms with Crippen molar-refractivity contribution in [2.24, 2.45) is 7.05 Å². The van der Waals surface area contributed by atoms with Gasteiger partial charge in [0.1, 0.15) is 11.2 Å². The third-order valence-electron chi connectivity index (χ3n) is 3.56. The number of amides is 1. The molecule has 0 radical (unpaired) electrons. The van der Waals surface area contributed by atoms with Crippen LogP contribution in [0.5, 0.6) is 0 Å². The van der Waals surface area contributed by atoms with Crippen molar-refractivity contribution in [3.63, 3.8) is 0 Å². The average Bonchev–Trinajstić information content (AvgIpc) is 3.18. The number of thiazole rings is 1. The molecule has 122 valence electrons. The number of rotatable bonds is 4. The molecule has 0 aliphatic rings. The molecule has 3 aromatic rings. The number of hydrogen-bond donors (Lipinski definition) is 1. The van der Waals surface area contributed by atoms with Crippen LogP contribution in [0.1, 0.15) is 32.0 Å². The van der Waals surface area contributed by atoms with Crippen molar-refractivity contribution in [2.45, 2.75) is 13.8 Å². The van der Waals surface area contributed by atoms with Gasteiger partial charge in [-0.05, 0) is 18.6 Å². The van der Waals surface area contributed by atoms with E-state index in [0.29, 0.717) is 15.6 Å². The highest BCUT2D eigenvalue weighted by atomic mass is 32.1. The Bertz CT molecular complexity index is 928. The first kappa shape index (κ1) is 16.0. The van der Waals surface area contributed by atoms with E-state index >= 15 is 0 Å². The molecule has 0 aliphatic heterocycles. The van der Waals surface area contributed by atoms with Crippen molar-refractivity contribution in [3.05, 3.63) is 46.2 Å². The van der Waals surface area contributed by atoms with Gasteiger partial charge in [-0.1, -0.05) is 12.1 Å². The number of nitrogens with one attached hydrogen (secondary N) is 1. The summed E-state index contributed by atoms with van der Waals surface area (Å²) >= 11 is 1.08. The van der Waals surface area contributed by atoms with E-state index in [0.717, 1.165) is 28.3 Å². The fraction of sp³-hybridized carbons (Fsp3) is 0.188. The molecule has 0 atom stereocenters. The van der Waals surface area contributed by atoms with Gasteiger partial charge in [0.15, 0.2) is 16.6 Å². The Kier molecular flexibility index (Phi) is 4.22. The van der Waals surface area contributed by atoms with Crippen molar-refractivity contribution < 1.29 is 9.59 Å². The third-order valence-corrected chi connectivity index (χ3v) is 4.66. The van der Waals surface area contributed by atoms with Crippen LogP contribution in [0.15, 0.2) is 30.7 Å². The number of Topliss-reactive ketones (excluding diaryl/α,β-unsaturated/α-hetero) is 1. The average molecular weight is 341 g/mol. The number of hydrogen-bond acceptors (Lipinski definition) is 6. The molecule has 2 aromatic heterocycles. The van der Waals surface area contributed by atoms with Crippen LogP contribution < -0.4 is 5.32 Å². The monoisotopic (exact) mass is 341 g/mol. The molecule has 0 fully saturated rings. The molecule has 1 N–H and O–H groups in total. The minimum atomic E-state index is -0.293. The summed E-state index contributed by atoms with van der Waals surface area (Å²) in [4.78, 5) is 28.0. The maximum absolute atomic E-state index is 12.4. The van der Waals surface area contributed by atoms with E-state index in [9.17, 15) is 9.59 Å². The summed E-state index contributed by atoms with van der Waals surface area (Å²) < 4.78 is 1.82. The molecule has 24 heavy (non-hydrogen) atoms. The summed E-state index contributed by atoms with van der Waals surface area (Å²) in [6, 6.07) is 5.59. The summed E-state index contributed by atoms with van der Waals surface area (Å²) in [5.41, 5.74) is 2.46. The number of benzene rings is 1. The van der Waals surface area contributed by atoms with E-state index in [1.54, 1.807) is 6.33 Å². The molecule has 7 nitrogen and oxygen atoms in total. The van der Waals surface area contributed by atoms with Gasteiger partial charge in [0, 0.05) is 25.2 Å². The zero-order valence-electron chi connectivity index (χ0n) is 13.4. The van der Waals surface area contributed by atoms with Gasteiger partial charge in [-0.25, -0.2) is 4.98 Å². The van der Waals surface area contributed by atoms with Crippen LogP contribution in [0.3, 0.4) is 0 Å². The lowest BCUT2D eigenvalue weighted by Gasteiger charge is -2.11. The van der Waals surface area contributed by atoms with Crippen LogP contribution in [0.2, 0.25) is 0 Å². The third kappa shape index (κ3) is 2.95. The van der Waals surface area contributed by atoms with Crippen LogP contribution in [-0.2, 0) is 7.05 Å². The first-order chi connectivity index (χ1) is 11.5. The quantitative estimate of drug-likeness (QED) is 0.737. The molecular formula is C16H15N5O2S. The lowest BCUT2D eigenvalue weighted by molar-refractivity contribution is 0.101. The highest BCUT2D eigenvalue weighted by Gasteiger charge is 2.16. The number of anilines is 1. The molecule has 3 rings (SSSR count). The van der Waals surface area contributed by atoms with Gasteiger partial charge in [0.25, 0.3) is 5.91 Å². The second kappa shape index (κ2) is 6.32. The van der Waals surface area contributed by atoms with Gasteiger partial charge in [-0.15, -0.1) is 21.5 Å². The second-order valence-electron chi connectivity index (χ2n) is 5.28. The summed E-state index contributed by atoms with van der Waals surface area (Å²) in [5, 5.41) is 11.2. The highest BCUT2D eigenvalue weighted by molar-refractivity contribution is 7.15. The summed E-state index contributed by atoms with van der Waals surface area (Å²) in [7, 11) is 1.86. The van der Waals surface area contributed by atoms with Gasteiger partial charge < -0.3 is 9.88 Å². The van der Waals surface area contributed by atoms with Crippen LogP contribution in [0.4, 0.5) is 5.69 Å². The molecule has 0 bridgehead atoms. The molecule has 2 heterocycles. The summed E-state index contributed by atoms with van der Waals surface area (Å²) in [6.07, 6.45) is 3.04. The van der Waals surface area contributed by atoms with Crippen molar-refractivity contribution in [1.29, 1.82) is 0 Å². The smallest absolute Gasteiger partial charge is 0.267 e. The van der Waals surface area contributed by atoms with E-state index in [1.165, 1.54) is 13.1 Å². The molecular weight excluding hydrogens is 326 g/mol. The largest absolute Gasteiger partial charge is 0.321 e. The molecule has 0 unspecified atom stereocenters. The SMILES string of the molecule is CC(=O)c1ncc(C(=O)Nc2cccc(-c3nncn3C)c2C)s1. The van der Waals surface area contributed by atoms with Crippen LogP contribution in [0, 0.1) is 6.92 Å². The molecule has 0 saturated carbocycles. The normalized spacial score (nSPS) is 10.6. The van der Waals surface area contributed by atoms with Crippen LogP contribution in [0.25, 0.3) is 11.4 Å². The zero-order chi connectivity index (χ0) is 17.3. The Morgan fingerprint density at radius 3 is 2.71 bits per heavy atom. The predicted octanol–water partition coefficient (Wildman–Crippen LogP) is 2.70. The molecule has 8 heteroatoms. The van der Waals surface area contributed by atoms with Gasteiger partial charge in [-0.2, -0.15) is 0 Å². The van der Waals surface area contributed by atoms with Crippen molar-refractivity contribution >= 4 is 28.7 Å². The maximum atomic E-state index is 12.4. The summed E-state index contributed by atoms with van der Waals surface area (Å²) in [5.74, 6) is 0.276. The topological polar surface area (TPSA) is 89.8 Å². The molecule has 0 aliphatic carbocycles. The second-order valence-corrected chi connectivity index (χ2v) is 6.31. The lowest BCUT2D eigenvalue weighted by atomic mass is 10.1. The van der Waals surface area contributed by atoms with Crippen LogP contribution in [-0.4, -0.2) is 31.4 Å². The number of nitrogens with zero attached hydrogens (tertiary/aromatic N) is 4. The Hall–Kier alpha value is -2.87. The van der Waals surface area contributed by atoms with Crippen molar-refractivity contribution in [2.75, 3.05) is 5.32 Å². The maximum Gasteiger partial charge on any atom is 0.267 e. The lowest BCUT2D eigenvalue weighted by Crippen LogP contribution is -2.11. The number of carbonyl (C=O) groups is 2. The van der Waals surface area contributed by atoms with Crippen LogP contribution >= 0.6 is 11.3 Å². The zero-order valence-corrected chi connectivity index (χ0v) is 14.2. The minimum absolute atomic E-state index is 0.153. The minimum Gasteiger partial charge on any atom is -0.321 e. The van der Waals surface area contributed by atoms with E-state index in [1.807, 2.05) is 36.7 Å². The number of aromatic nitrogens is 4. The fourth-order valence-electron chi connectivity index (χ4n) is 2.27. The number of ketones is 1. The van der Waals surface area contributed by atoms with E-state index in [-0.39, 0.29) is 11.7 Å². The fourth-order valence-corrected chi connectivity index (χ4v) is 2.97. The molecule has 1 aromatic carbocycles. The molecule has 1 amide bonds. The number of carbonyl (C=O) groups excluding carboxylic acids is 2. The first-order valence-electron chi connectivity index (χ1n) is 7.19. The summed E-state index contributed by atoms with van der Waals surface area (Å²) in [6.45, 7) is 3.34. The Morgan fingerprint density at radius 2 is 2.08 bits per heavy atom. The first-order valence-corrected chi connectivity index (χ1v) is 8.01. The van der Waals surface area contributed by atoms with Gasteiger partial charge in [0.05, 0.1) is 6.20 Å². The van der Waals surface area contributed by atoms with E-state index in [2.05, 4.69) is 20.5 Å². The van der Waals surface area contributed by atoms with E-state index in [4.69, 9.17) is 0 Å². The standard InChI is InChI=1S/C16H15N5O2S/c1-9-11(14-20-18-8-21(14)3)5-4-6-12(9)19-15(23)13-7-17-16(24-13)10(2)22/h4-8H,1-3H3,(H,19,23). The Balaban J connectivity index is 1.89. The number of aryl methyl sites for hydroxylation is 1. The predicted molar refractivity (Wildman–Crippen MR) is 91.2 cm³/mol. The van der Waals surface area contributed by atoms with Gasteiger partial charge in [0.2, 0.25) is 0 Å². The van der Waals surface area contributed by atoms with Crippen molar-refractivity contribution in [1.82, 2.24) is 19.7 Å². The van der Waals surface area contributed by atoms with Gasteiger partial charge in [-0.3, -0.25) is 9.59 Å². The molecule has 0 saturated heterocycles. The Labute approximate surface area is 142 Å². The molecule has 0 spiro atoms. The van der Waals surface area contributed by atoms with Gasteiger partial charge >= 0.3 is 0 Å². The highest BCUT2D eigenvalue weighted by Crippen LogP contribution is 2.27. The Morgan fingerprint density at radius 1 is 1.29 bits per heavy atom.